The quantitative estimate of drug-likeness (QED) is 0.349. The van der Waals surface area contributed by atoms with E-state index < -0.39 is 5.92 Å². The molecule has 5 rings (SSSR count). The first-order valence-corrected chi connectivity index (χ1v) is 11.2. The molecule has 2 heterocycles. The van der Waals surface area contributed by atoms with Crippen molar-refractivity contribution in [3.8, 4) is 29.0 Å². The van der Waals surface area contributed by atoms with Crippen LogP contribution in [0.4, 0.5) is 0 Å². The van der Waals surface area contributed by atoms with E-state index in [0.29, 0.717) is 39.4 Å². The van der Waals surface area contributed by atoms with Gasteiger partial charge in [0.05, 0.1) is 17.2 Å². The minimum absolute atomic E-state index is 0.00581. The van der Waals surface area contributed by atoms with Crippen LogP contribution < -0.4 is 15.2 Å². The van der Waals surface area contributed by atoms with Crippen molar-refractivity contribution in [3.05, 3.63) is 111 Å². The van der Waals surface area contributed by atoms with Crippen molar-refractivity contribution in [2.45, 2.75) is 12.5 Å². The zero-order chi connectivity index (χ0) is 23.7. The molecule has 1 atom stereocenters. The number of H-pyrrole nitrogens is 1. The zero-order valence-electron chi connectivity index (χ0n) is 17.8. The molecule has 0 bridgehead atoms. The minimum atomic E-state index is -0.568. The van der Waals surface area contributed by atoms with Gasteiger partial charge in [-0.15, -0.1) is 5.10 Å². The highest BCUT2D eigenvalue weighted by atomic mass is 35.5. The van der Waals surface area contributed by atoms with Crippen molar-refractivity contribution in [1.82, 2.24) is 10.2 Å². The molecule has 168 valence electrons. The fraction of sp³-hybridized carbons (Fsp3) is 0.0769. The molecule has 1 unspecified atom stereocenters. The van der Waals surface area contributed by atoms with Gasteiger partial charge in [0.2, 0.25) is 11.8 Å². The Bertz CT molecular complexity index is 1420. The van der Waals surface area contributed by atoms with Crippen LogP contribution in [0.3, 0.4) is 0 Å². The summed E-state index contributed by atoms with van der Waals surface area (Å²) in [6.45, 7) is 0.472. The largest absolute Gasteiger partial charge is 0.489 e. The third-order valence-corrected chi connectivity index (χ3v) is 6.17. The third kappa shape index (κ3) is 4.08. The SMILES string of the molecule is N#CC1=C(N)Oc2n[nH]c(-c3ccc(OCc4ccccc4)cc3)c2C1c1ccc(Cl)cc1Cl. The highest BCUT2D eigenvalue weighted by Gasteiger charge is 2.36. The molecule has 0 fully saturated rings. The molecule has 34 heavy (non-hydrogen) atoms. The van der Waals surface area contributed by atoms with Gasteiger partial charge in [0.25, 0.3) is 0 Å². The van der Waals surface area contributed by atoms with Gasteiger partial charge in [0.15, 0.2) is 0 Å². The number of aromatic nitrogens is 2. The van der Waals surface area contributed by atoms with Crippen LogP contribution in [0, 0.1) is 11.3 Å². The summed E-state index contributed by atoms with van der Waals surface area (Å²) in [7, 11) is 0. The maximum Gasteiger partial charge on any atom is 0.244 e. The molecule has 8 heteroatoms. The first-order valence-electron chi connectivity index (χ1n) is 10.4. The Balaban J connectivity index is 1.51. The fourth-order valence-electron chi connectivity index (χ4n) is 3.97. The number of benzene rings is 3. The number of aromatic amines is 1. The van der Waals surface area contributed by atoms with Crippen LogP contribution in [-0.4, -0.2) is 10.2 Å². The summed E-state index contributed by atoms with van der Waals surface area (Å²) in [4.78, 5) is 0. The lowest BCUT2D eigenvalue weighted by Crippen LogP contribution is -2.21. The number of hydrogen-bond donors (Lipinski definition) is 2. The topological polar surface area (TPSA) is 97.0 Å². The van der Waals surface area contributed by atoms with E-state index in [1.807, 2.05) is 54.6 Å². The maximum absolute atomic E-state index is 9.87. The number of nitrogens with two attached hydrogens (primary N) is 1. The van der Waals surface area contributed by atoms with Crippen LogP contribution in [0.15, 0.2) is 84.3 Å². The lowest BCUT2D eigenvalue weighted by atomic mass is 9.83. The second-order valence-electron chi connectivity index (χ2n) is 7.71. The number of halogens is 2. The molecule has 1 aromatic heterocycles. The van der Waals surface area contributed by atoms with E-state index in [1.165, 1.54) is 0 Å². The van der Waals surface area contributed by atoms with Gasteiger partial charge in [0.1, 0.15) is 24.0 Å². The Hall–Kier alpha value is -3.92. The van der Waals surface area contributed by atoms with Gasteiger partial charge in [-0.25, -0.2) is 0 Å². The van der Waals surface area contributed by atoms with Gasteiger partial charge in [-0.3, -0.25) is 5.10 Å². The highest BCUT2D eigenvalue weighted by Crippen LogP contribution is 2.47. The van der Waals surface area contributed by atoms with Crippen molar-refractivity contribution in [2.75, 3.05) is 0 Å². The average molecular weight is 489 g/mol. The Kier molecular flexibility index (Phi) is 5.89. The predicted molar refractivity (Wildman–Crippen MR) is 131 cm³/mol. The maximum atomic E-state index is 9.87. The minimum Gasteiger partial charge on any atom is -0.489 e. The fourth-order valence-corrected chi connectivity index (χ4v) is 4.49. The molecule has 0 saturated heterocycles. The van der Waals surface area contributed by atoms with Gasteiger partial charge in [-0.1, -0.05) is 59.6 Å². The van der Waals surface area contributed by atoms with E-state index in [1.54, 1.807) is 18.2 Å². The van der Waals surface area contributed by atoms with Gasteiger partial charge in [-0.2, -0.15) is 5.26 Å². The van der Waals surface area contributed by atoms with Gasteiger partial charge in [-0.05, 0) is 47.5 Å². The molecule has 0 radical (unpaired) electrons. The molecule has 3 N–H and O–H groups in total. The Morgan fingerprint density at radius 1 is 1.06 bits per heavy atom. The average Bonchev–Trinajstić information content (AvgIpc) is 3.26. The van der Waals surface area contributed by atoms with Crippen molar-refractivity contribution in [3.63, 3.8) is 0 Å². The molecule has 0 aliphatic carbocycles. The number of nitrogens with one attached hydrogen (secondary N) is 1. The standard InChI is InChI=1S/C26H18Cl2N4O2/c27-17-8-11-19(21(28)12-17)22-20(13-29)25(30)34-26-23(22)24(31-32-26)16-6-9-18(10-7-16)33-14-15-4-2-1-3-5-15/h1-12,22H,14,30H2,(H,31,32). The molecule has 3 aromatic carbocycles. The number of rotatable bonds is 5. The van der Waals surface area contributed by atoms with Gasteiger partial charge in [0, 0.05) is 15.6 Å². The summed E-state index contributed by atoms with van der Waals surface area (Å²) in [5, 5.41) is 18.1. The van der Waals surface area contributed by atoms with Crippen LogP contribution in [0.5, 0.6) is 11.6 Å². The number of allylic oxidation sites excluding steroid dienone is 1. The second kappa shape index (κ2) is 9.14. The van der Waals surface area contributed by atoms with E-state index >= 15 is 0 Å². The van der Waals surface area contributed by atoms with E-state index in [0.717, 1.165) is 16.9 Å². The Labute approximate surface area is 206 Å². The molecular formula is C26H18Cl2N4O2. The predicted octanol–water partition coefficient (Wildman–Crippen LogP) is 6.18. The first-order chi connectivity index (χ1) is 16.5. The van der Waals surface area contributed by atoms with E-state index in [2.05, 4.69) is 16.3 Å². The normalized spacial score (nSPS) is 14.8. The Morgan fingerprint density at radius 3 is 2.53 bits per heavy atom. The Morgan fingerprint density at radius 2 is 1.82 bits per heavy atom. The number of ether oxygens (including phenoxy) is 2. The zero-order valence-corrected chi connectivity index (χ0v) is 19.3. The molecule has 1 aliphatic rings. The van der Waals surface area contributed by atoms with E-state index in [9.17, 15) is 5.26 Å². The van der Waals surface area contributed by atoms with Crippen LogP contribution >= 0.6 is 23.2 Å². The van der Waals surface area contributed by atoms with Gasteiger partial charge >= 0.3 is 0 Å². The lowest BCUT2D eigenvalue weighted by Gasteiger charge is -2.25. The third-order valence-electron chi connectivity index (χ3n) is 5.60. The highest BCUT2D eigenvalue weighted by molar-refractivity contribution is 6.35. The number of fused-ring (bicyclic) bond motifs is 1. The van der Waals surface area contributed by atoms with Crippen LogP contribution in [0.2, 0.25) is 10.0 Å². The lowest BCUT2D eigenvalue weighted by molar-refractivity contribution is 0.306. The summed E-state index contributed by atoms with van der Waals surface area (Å²) < 4.78 is 11.6. The van der Waals surface area contributed by atoms with E-state index in [-0.39, 0.29) is 11.5 Å². The smallest absolute Gasteiger partial charge is 0.244 e. The summed E-state index contributed by atoms with van der Waals surface area (Å²) in [6, 6.07) is 24.9. The van der Waals surface area contributed by atoms with Crippen LogP contribution in [-0.2, 0) is 6.61 Å². The molecule has 6 nitrogen and oxygen atoms in total. The number of nitrogens with zero attached hydrogens (tertiary/aromatic N) is 2. The van der Waals surface area contributed by atoms with Crippen LogP contribution in [0.25, 0.3) is 11.3 Å². The van der Waals surface area contributed by atoms with Crippen molar-refractivity contribution >= 4 is 23.2 Å². The summed E-state index contributed by atoms with van der Waals surface area (Å²) >= 11 is 12.6. The first kappa shape index (κ1) is 21.9. The molecule has 0 spiro atoms. The van der Waals surface area contributed by atoms with Crippen LogP contribution in [0.1, 0.15) is 22.6 Å². The van der Waals surface area contributed by atoms with E-state index in [4.69, 9.17) is 38.4 Å². The number of nitriles is 1. The molecule has 1 aliphatic heterocycles. The number of hydrogen-bond acceptors (Lipinski definition) is 5. The molecule has 0 amide bonds. The van der Waals surface area contributed by atoms with Crippen molar-refractivity contribution < 1.29 is 9.47 Å². The summed E-state index contributed by atoms with van der Waals surface area (Å²) in [5.41, 5.74) is 10.3. The molecular weight excluding hydrogens is 471 g/mol. The van der Waals surface area contributed by atoms with Crippen molar-refractivity contribution in [2.24, 2.45) is 5.73 Å². The molecule has 4 aromatic rings. The second-order valence-corrected chi connectivity index (χ2v) is 8.55. The van der Waals surface area contributed by atoms with Crippen molar-refractivity contribution in [1.29, 1.82) is 5.26 Å². The summed E-state index contributed by atoms with van der Waals surface area (Å²) in [5.74, 6) is 0.457. The monoisotopic (exact) mass is 488 g/mol. The van der Waals surface area contributed by atoms with Gasteiger partial charge < -0.3 is 15.2 Å². The molecule has 0 saturated carbocycles. The summed E-state index contributed by atoms with van der Waals surface area (Å²) in [6.07, 6.45) is 0.